The lowest BCUT2D eigenvalue weighted by molar-refractivity contribution is 0.103. The first-order chi connectivity index (χ1) is 8.16. The number of ether oxygens (including phenoxy) is 2. The van der Waals surface area contributed by atoms with E-state index in [9.17, 15) is 0 Å². The molecule has 4 heteroatoms. The van der Waals surface area contributed by atoms with Crippen molar-refractivity contribution in [3.63, 3.8) is 0 Å². The van der Waals surface area contributed by atoms with E-state index < -0.39 is 0 Å². The number of nitrogens with one attached hydrogen (secondary N) is 1. The van der Waals surface area contributed by atoms with Crippen molar-refractivity contribution in [1.82, 2.24) is 10.2 Å². The maximum Gasteiger partial charge on any atom is 0.0593 e. The first-order valence-electron chi connectivity index (χ1n) is 6.62. The summed E-state index contributed by atoms with van der Waals surface area (Å²) in [5.41, 5.74) is 0. The van der Waals surface area contributed by atoms with Crippen LogP contribution in [0, 0.1) is 5.92 Å². The fraction of sp³-hybridized carbons (Fsp3) is 1.00. The van der Waals surface area contributed by atoms with Crippen LogP contribution in [0.3, 0.4) is 0 Å². The van der Waals surface area contributed by atoms with Gasteiger partial charge in [0.05, 0.1) is 13.2 Å². The lowest BCUT2D eigenvalue weighted by Gasteiger charge is -2.17. The zero-order chi connectivity index (χ0) is 12.9. The molecule has 0 saturated carbocycles. The predicted octanol–water partition coefficient (Wildman–Crippen LogP) is 1.22. The van der Waals surface area contributed by atoms with Gasteiger partial charge in [0.1, 0.15) is 0 Å². The van der Waals surface area contributed by atoms with Gasteiger partial charge in [-0.15, -0.1) is 0 Å². The summed E-state index contributed by atoms with van der Waals surface area (Å²) < 4.78 is 10.5. The molecule has 104 valence electrons. The van der Waals surface area contributed by atoms with Gasteiger partial charge in [0.15, 0.2) is 0 Å². The van der Waals surface area contributed by atoms with Crippen molar-refractivity contribution in [2.45, 2.75) is 20.3 Å². The Bertz CT molecular complexity index is 154. The van der Waals surface area contributed by atoms with Gasteiger partial charge in [-0.3, -0.25) is 0 Å². The smallest absolute Gasteiger partial charge is 0.0593 e. The van der Waals surface area contributed by atoms with E-state index in [1.807, 2.05) is 0 Å². The van der Waals surface area contributed by atoms with Crippen molar-refractivity contribution in [2.24, 2.45) is 5.92 Å². The van der Waals surface area contributed by atoms with Crippen molar-refractivity contribution < 1.29 is 9.47 Å². The van der Waals surface area contributed by atoms with Crippen molar-refractivity contribution in [1.29, 1.82) is 0 Å². The summed E-state index contributed by atoms with van der Waals surface area (Å²) in [6.45, 7) is 10.9. The largest absolute Gasteiger partial charge is 0.383 e. The molecule has 0 unspecified atom stereocenters. The molecule has 0 aliphatic carbocycles. The van der Waals surface area contributed by atoms with E-state index in [1.54, 1.807) is 7.11 Å². The third-order valence-corrected chi connectivity index (χ3v) is 2.61. The summed E-state index contributed by atoms with van der Waals surface area (Å²) in [5.74, 6) is 0.734. The van der Waals surface area contributed by atoms with E-state index in [1.165, 1.54) is 0 Å². The molecule has 1 N–H and O–H groups in total. The van der Waals surface area contributed by atoms with Crippen LogP contribution in [0.4, 0.5) is 0 Å². The van der Waals surface area contributed by atoms with Gasteiger partial charge in [-0.2, -0.15) is 0 Å². The van der Waals surface area contributed by atoms with Crippen LogP contribution in [-0.4, -0.2) is 65.1 Å². The van der Waals surface area contributed by atoms with Gasteiger partial charge in [0, 0.05) is 39.9 Å². The van der Waals surface area contributed by atoms with E-state index in [-0.39, 0.29) is 0 Å². The molecule has 0 atom stereocenters. The van der Waals surface area contributed by atoms with E-state index in [2.05, 4.69) is 31.1 Å². The van der Waals surface area contributed by atoms with Gasteiger partial charge in [-0.25, -0.2) is 0 Å². The minimum Gasteiger partial charge on any atom is -0.383 e. The first-order valence-corrected chi connectivity index (χ1v) is 6.62. The Morgan fingerprint density at radius 2 is 1.82 bits per heavy atom. The lowest BCUT2D eigenvalue weighted by Crippen LogP contribution is -2.32. The van der Waals surface area contributed by atoms with E-state index >= 15 is 0 Å². The standard InChI is InChI=1S/C13H30N2O2/c1-13(2)5-10-17-12-9-15(3)8-6-14-7-11-16-4/h13-14H,5-12H2,1-4H3. The molecule has 0 aromatic rings. The van der Waals surface area contributed by atoms with Crippen molar-refractivity contribution in [3.8, 4) is 0 Å². The van der Waals surface area contributed by atoms with Crippen LogP contribution < -0.4 is 5.32 Å². The van der Waals surface area contributed by atoms with Crippen molar-refractivity contribution in [2.75, 3.05) is 60.2 Å². The number of methoxy groups -OCH3 is 1. The minimum atomic E-state index is 0.734. The average Bonchev–Trinajstić information content (AvgIpc) is 2.28. The third kappa shape index (κ3) is 13.8. The van der Waals surface area contributed by atoms with Crippen LogP contribution in [-0.2, 0) is 9.47 Å². The molecule has 0 aromatic heterocycles. The number of nitrogens with zero attached hydrogens (tertiary/aromatic N) is 1. The lowest BCUT2D eigenvalue weighted by atomic mass is 10.1. The highest BCUT2D eigenvalue weighted by Crippen LogP contribution is 1.98. The second kappa shape index (κ2) is 12.3. The SMILES string of the molecule is COCCNCCN(C)CCOCCC(C)C. The molecular weight excluding hydrogens is 216 g/mol. The topological polar surface area (TPSA) is 33.7 Å². The van der Waals surface area contributed by atoms with Crippen LogP contribution in [0.1, 0.15) is 20.3 Å². The van der Waals surface area contributed by atoms with Crippen LogP contribution in [0.25, 0.3) is 0 Å². The quantitative estimate of drug-likeness (QED) is 0.525. The molecule has 0 fully saturated rings. The monoisotopic (exact) mass is 246 g/mol. The second-order valence-corrected chi connectivity index (χ2v) is 4.84. The molecule has 0 spiro atoms. The van der Waals surface area contributed by atoms with Gasteiger partial charge in [-0.1, -0.05) is 13.8 Å². The normalized spacial score (nSPS) is 11.6. The summed E-state index contributed by atoms with van der Waals surface area (Å²) in [7, 11) is 3.85. The van der Waals surface area contributed by atoms with E-state index in [0.717, 1.165) is 58.3 Å². The molecule has 0 aliphatic rings. The highest BCUT2D eigenvalue weighted by Gasteiger charge is 1.98. The zero-order valence-corrected chi connectivity index (χ0v) is 12.0. The summed E-state index contributed by atoms with van der Waals surface area (Å²) in [6.07, 6.45) is 1.16. The Morgan fingerprint density at radius 3 is 2.47 bits per heavy atom. The first kappa shape index (κ1) is 16.8. The predicted molar refractivity (Wildman–Crippen MR) is 72.5 cm³/mol. The summed E-state index contributed by atoms with van der Waals surface area (Å²) in [4.78, 5) is 2.29. The van der Waals surface area contributed by atoms with Crippen molar-refractivity contribution >= 4 is 0 Å². The molecule has 0 heterocycles. The van der Waals surface area contributed by atoms with E-state index in [4.69, 9.17) is 9.47 Å². The number of hydrogen-bond donors (Lipinski definition) is 1. The molecule has 0 aliphatic heterocycles. The van der Waals surface area contributed by atoms with Crippen LogP contribution in [0.2, 0.25) is 0 Å². The molecule has 0 aromatic carbocycles. The maximum atomic E-state index is 5.58. The summed E-state index contributed by atoms with van der Waals surface area (Å²) >= 11 is 0. The van der Waals surface area contributed by atoms with Crippen LogP contribution in [0.5, 0.6) is 0 Å². The Hall–Kier alpha value is -0.160. The van der Waals surface area contributed by atoms with Crippen LogP contribution >= 0.6 is 0 Å². The van der Waals surface area contributed by atoms with Gasteiger partial charge < -0.3 is 19.7 Å². The molecule has 4 nitrogen and oxygen atoms in total. The van der Waals surface area contributed by atoms with Gasteiger partial charge >= 0.3 is 0 Å². The third-order valence-electron chi connectivity index (χ3n) is 2.61. The molecule has 0 amide bonds. The molecule has 0 radical (unpaired) electrons. The van der Waals surface area contributed by atoms with E-state index in [0.29, 0.717) is 0 Å². The molecule has 0 rings (SSSR count). The van der Waals surface area contributed by atoms with Gasteiger partial charge in [0.25, 0.3) is 0 Å². The molecule has 0 saturated heterocycles. The average molecular weight is 246 g/mol. The summed E-state index contributed by atoms with van der Waals surface area (Å²) in [5, 5.41) is 3.33. The number of likely N-dealkylation sites (N-methyl/N-ethyl adjacent to an activating group) is 1. The second-order valence-electron chi connectivity index (χ2n) is 4.84. The Labute approximate surface area is 107 Å². The number of rotatable bonds is 12. The highest BCUT2D eigenvalue weighted by molar-refractivity contribution is 4.54. The Kier molecular flexibility index (Phi) is 12.2. The maximum absolute atomic E-state index is 5.58. The highest BCUT2D eigenvalue weighted by atomic mass is 16.5. The number of hydrogen-bond acceptors (Lipinski definition) is 4. The van der Waals surface area contributed by atoms with Crippen LogP contribution in [0.15, 0.2) is 0 Å². The molecule has 0 bridgehead atoms. The van der Waals surface area contributed by atoms with Crippen molar-refractivity contribution in [3.05, 3.63) is 0 Å². The molecular formula is C13H30N2O2. The fourth-order valence-electron chi connectivity index (χ4n) is 1.32. The Morgan fingerprint density at radius 1 is 1.06 bits per heavy atom. The summed E-state index contributed by atoms with van der Waals surface area (Å²) in [6, 6.07) is 0. The Balaban J connectivity index is 3.14. The van der Waals surface area contributed by atoms with Gasteiger partial charge in [-0.05, 0) is 19.4 Å². The van der Waals surface area contributed by atoms with Gasteiger partial charge in [0.2, 0.25) is 0 Å². The zero-order valence-electron chi connectivity index (χ0n) is 12.0. The fourth-order valence-corrected chi connectivity index (χ4v) is 1.32. The minimum absolute atomic E-state index is 0.734. The molecule has 17 heavy (non-hydrogen) atoms.